The second-order valence-corrected chi connectivity index (χ2v) is 11.9. The molecule has 0 aromatic heterocycles. The summed E-state index contributed by atoms with van der Waals surface area (Å²) in [5.41, 5.74) is -8.40. The molecule has 2 aliphatic heterocycles. The zero-order valence-corrected chi connectivity index (χ0v) is 24.6. The van der Waals surface area contributed by atoms with Gasteiger partial charge in [0.2, 0.25) is 5.41 Å². The number of carbonyl (C=O) groups is 4. The molecule has 2 aliphatic rings. The Morgan fingerprint density at radius 1 is 0.565 bits per heavy atom. The van der Waals surface area contributed by atoms with Crippen molar-refractivity contribution in [2.24, 2.45) is 0 Å². The Morgan fingerprint density at radius 3 is 1.61 bits per heavy atom. The number of hydrogen-bond donors (Lipinski definition) is 0. The van der Waals surface area contributed by atoms with Gasteiger partial charge in [-0.05, 0) is 72.6 Å². The van der Waals surface area contributed by atoms with Gasteiger partial charge in [0.25, 0.3) is 23.6 Å². The fourth-order valence-corrected chi connectivity index (χ4v) is 6.78. The lowest BCUT2D eigenvalue weighted by molar-refractivity contribution is -0.288. The number of rotatable bonds is 5. The molecule has 4 aromatic carbocycles. The fraction of sp³-hybridized carbons (Fsp3) is 0.152. The van der Waals surface area contributed by atoms with Crippen LogP contribution in [0.15, 0.2) is 94.7 Å². The van der Waals surface area contributed by atoms with Gasteiger partial charge < -0.3 is 0 Å². The number of halogens is 6. The molecule has 0 bridgehead atoms. The second kappa shape index (κ2) is 10.6. The van der Waals surface area contributed by atoms with Crippen molar-refractivity contribution in [1.29, 1.82) is 0 Å². The Bertz CT molecular complexity index is 1970. The summed E-state index contributed by atoms with van der Waals surface area (Å²) in [4.78, 5) is 54.5. The fourth-order valence-electron chi connectivity index (χ4n) is 5.79. The molecule has 0 saturated heterocycles. The van der Waals surface area contributed by atoms with E-state index in [9.17, 15) is 45.5 Å². The first-order chi connectivity index (χ1) is 21.6. The number of aryl methyl sites for hydroxylation is 1. The van der Waals surface area contributed by atoms with E-state index in [1.807, 2.05) is 31.2 Å². The number of anilines is 1. The molecule has 0 fully saturated rings. The van der Waals surface area contributed by atoms with Gasteiger partial charge in [-0.2, -0.15) is 26.3 Å². The number of benzene rings is 4. The summed E-state index contributed by atoms with van der Waals surface area (Å²) < 4.78 is 89.5. The minimum Gasteiger partial charge on any atom is -0.277 e. The molecule has 0 spiro atoms. The van der Waals surface area contributed by atoms with Crippen LogP contribution in [0.3, 0.4) is 0 Å². The first-order valence-electron chi connectivity index (χ1n) is 13.5. The Morgan fingerprint density at radius 2 is 1.04 bits per heavy atom. The number of amides is 4. The van der Waals surface area contributed by atoms with E-state index in [0.29, 0.717) is 39.0 Å². The molecule has 0 aliphatic carbocycles. The van der Waals surface area contributed by atoms with E-state index >= 15 is 0 Å². The Kier molecular flexibility index (Phi) is 7.15. The zero-order valence-electron chi connectivity index (χ0n) is 23.8. The van der Waals surface area contributed by atoms with Crippen molar-refractivity contribution in [3.63, 3.8) is 0 Å². The third-order valence-corrected chi connectivity index (χ3v) is 8.97. The summed E-state index contributed by atoms with van der Waals surface area (Å²) in [6.45, 7) is 1.91. The SMILES string of the molecule is Cc1cccc(Sc2cccc(N3C(=O)c4ccc(C(c5ccc6c(c5)C(=O)N(C)C6=O)(C(F)(F)F)C(F)(F)F)cc4C3=O)c2)c1. The average Bonchev–Trinajstić information content (AvgIpc) is 3.35. The molecule has 234 valence electrons. The third-order valence-electron chi connectivity index (χ3n) is 7.99. The lowest BCUT2D eigenvalue weighted by Gasteiger charge is -2.38. The zero-order chi connectivity index (χ0) is 33.3. The van der Waals surface area contributed by atoms with E-state index in [2.05, 4.69) is 0 Å². The number of alkyl halides is 6. The van der Waals surface area contributed by atoms with Gasteiger partial charge in [0.1, 0.15) is 0 Å². The van der Waals surface area contributed by atoms with Crippen LogP contribution in [0, 0.1) is 6.92 Å². The highest BCUT2D eigenvalue weighted by molar-refractivity contribution is 7.99. The van der Waals surface area contributed by atoms with Gasteiger partial charge in [-0.25, -0.2) is 4.90 Å². The molecule has 2 heterocycles. The second-order valence-electron chi connectivity index (χ2n) is 10.8. The molecular weight excluding hydrogens is 634 g/mol. The van der Waals surface area contributed by atoms with Crippen molar-refractivity contribution in [2.45, 2.75) is 34.5 Å². The van der Waals surface area contributed by atoms with E-state index in [1.165, 1.54) is 23.9 Å². The van der Waals surface area contributed by atoms with Crippen LogP contribution in [0.1, 0.15) is 58.1 Å². The number of fused-ring (bicyclic) bond motifs is 2. The standard InChI is InChI=1S/C33H20F6N2O4S/c1-17-5-3-7-21(13-17)46-22-8-4-6-20(16-22)41-29(44)24-12-10-19(15-26(24)30(41)45)31(32(34,35)36,33(37,38)39)18-9-11-23-25(14-18)28(43)40(2)27(23)42/h3-16H,1-2H3. The van der Waals surface area contributed by atoms with Crippen LogP contribution in [-0.4, -0.2) is 47.9 Å². The summed E-state index contributed by atoms with van der Waals surface area (Å²) in [6.07, 6.45) is -12.1. The van der Waals surface area contributed by atoms with Gasteiger partial charge in [0.05, 0.1) is 27.9 Å². The Balaban J connectivity index is 1.45. The number of nitrogens with zero attached hydrogens (tertiary/aromatic N) is 2. The highest BCUT2D eigenvalue weighted by atomic mass is 32.2. The molecular formula is C33H20F6N2O4S. The monoisotopic (exact) mass is 654 g/mol. The van der Waals surface area contributed by atoms with Crippen molar-refractivity contribution in [3.8, 4) is 0 Å². The van der Waals surface area contributed by atoms with Crippen LogP contribution in [0.25, 0.3) is 0 Å². The molecule has 13 heteroatoms. The smallest absolute Gasteiger partial charge is 0.277 e. The number of carbonyl (C=O) groups excluding carboxylic acids is 4. The maximum atomic E-state index is 14.9. The van der Waals surface area contributed by atoms with Crippen LogP contribution in [0.5, 0.6) is 0 Å². The Labute approximate surface area is 261 Å². The first kappa shape index (κ1) is 31.1. The summed E-state index contributed by atoms with van der Waals surface area (Å²) in [5, 5.41) is 0. The molecule has 46 heavy (non-hydrogen) atoms. The third kappa shape index (κ3) is 4.60. The molecule has 0 radical (unpaired) electrons. The predicted molar refractivity (Wildman–Crippen MR) is 155 cm³/mol. The molecule has 0 N–H and O–H groups in total. The minimum absolute atomic E-state index is 0.0780. The lowest BCUT2D eigenvalue weighted by atomic mass is 9.71. The van der Waals surface area contributed by atoms with Crippen LogP contribution in [0.4, 0.5) is 32.0 Å². The quantitative estimate of drug-likeness (QED) is 0.164. The van der Waals surface area contributed by atoms with Crippen molar-refractivity contribution < 1.29 is 45.5 Å². The predicted octanol–water partition coefficient (Wildman–Crippen LogP) is 7.58. The van der Waals surface area contributed by atoms with Gasteiger partial charge in [-0.15, -0.1) is 0 Å². The van der Waals surface area contributed by atoms with Gasteiger partial charge in [-0.3, -0.25) is 24.1 Å². The number of hydrogen-bond acceptors (Lipinski definition) is 5. The van der Waals surface area contributed by atoms with Crippen LogP contribution < -0.4 is 4.90 Å². The maximum Gasteiger partial charge on any atom is 0.411 e. The van der Waals surface area contributed by atoms with E-state index < -0.39 is 63.7 Å². The molecule has 0 atom stereocenters. The average molecular weight is 655 g/mol. The van der Waals surface area contributed by atoms with Crippen LogP contribution >= 0.6 is 11.8 Å². The van der Waals surface area contributed by atoms with Gasteiger partial charge in [0, 0.05) is 16.8 Å². The van der Waals surface area contributed by atoms with Crippen molar-refractivity contribution in [3.05, 3.63) is 124 Å². The van der Waals surface area contributed by atoms with E-state index in [1.54, 1.807) is 12.1 Å². The molecule has 4 amide bonds. The molecule has 6 nitrogen and oxygen atoms in total. The normalized spacial score (nSPS) is 15.1. The van der Waals surface area contributed by atoms with Crippen molar-refractivity contribution >= 4 is 41.1 Å². The summed E-state index contributed by atoms with van der Waals surface area (Å²) in [5.74, 6) is -3.96. The first-order valence-corrected chi connectivity index (χ1v) is 14.4. The topological polar surface area (TPSA) is 74.8 Å². The largest absolute Gasteiger partial charge is 0.411 e. The summed E-state index contributed by atoms with van der Waals surface area (Å²) >= 11 is 1.33. The van der Waals surface area contributed by atoms with E-state index in [0.717, 1.165) is 29.6 Å². The highest BCUT2D eigenvalue weighted by Crippen LogP contribution is 2.57. The lowest BCUT2D eigenvalue weighted by Crippen LogP contribution is -2.55. The van der Waals surface area contributed by atoms with Crippen LogP contribution in [0.2, 0.25) is 0 Å². The molecule has 0 unspecified atom stereocenters. The maximum absolute atomic E-state index is 14.9. The van der Waals surface area contributed by atoms with Crippen molar-refractivity contribution in [2.75, 3.05) is 11.9 Å². The van der Waals surface area contributed by atoms with Gasteiger partial charge in [-0.1, -0.05) is 47.7 Å². The molecule has 0 saturated carbocycles. The van der Waals surface area contributed by atoms with Crippen molar-refractivity contribution in [1.82, 2.24) is 4.90 Å². The minimum atomic E-state index is -6.04. The molecule has 6 rings (SSSR count). The summed E-state index contributed by atoms with van der Waals surface area (Å²) in [7, 11) is 1.05. The van der Waals surface area contributed by atoms with Crippen LogP contribution in [-0.2, 0) is 5.41 Å². The van der Waals surface area contributed by atoms with Gasteiger partial charge >= 0.3 is 12.4 Å². The Hall–Kier alpha value is -4.91. The van der Waals surface area contributed by atoms with E-state index in [4.69, 9.17) is 0 Å². The van der Waals surface area contributed by atoms with Gasteiger partial charge in [0.15, 0.2) is 0 Å². The molecule has 4 aromatic rings. The number of imide groups is 2. The highest BCUT2D eigenvalue weighted by Gasteiger charge is 2.73. The summed E-state index contributed by atoms with van der Waals surface area (Å²) in [6, 6.07) is 17.1. The van der Waals surface area contributed by atoms with E-state index in [-0.39, 0.29) is 16.8 Å².